The summed E-state index contributed by atoms with van der Waals surface area (Å²) in [6.45, 7) is 0.671. The first kappa shape index (κ1) is 16.9. The number of carbonyl (C=O) groups is 1. The second-order valence-electron chi connectivity index (χ2n) is 5.80. The van der Waals surface area contributed by atoms with E-state index in [0.717, 1.165) is 22.7 Å². The number of aliphatic hydroxyl groups is 1. The summed E-state index contributed by atoms with van der Waals surface area (Å²) < 4.78 is 0. The molecule has 0 spiro atoms. The molecule has 0 atom stereocenters. The molecule has 3 rings (SSSR count). The number of anilines is 2. The number of aryl methyl sites for hydroxylation is 1. The van der Waals surface area contributed by atoms with Crippen LogP contribution in [0.2, 0.25) is 0 Å². The summed E-state index contributed by atoms with van der Waals surface area (Å²) in [4.78, 5) is 25.8. The zero-order valence-corrected chi connectivity index (χ0v) is 14.1. The second-order valence-corrected chi connectivity index (χ2v) is 5.80. The van der Waals surface area contributed by atoms with E-state index in [1.165, 1.54) is 0 Å². The maximum absolute atomic E-state index is 12.1. The van der Waals surface area contributed by atoms with Gasteiger partial charge < -0.3 is 20.3 Å². The molecule has 130 valence electrons. The topological polar surface area (TPSA) is 94.1 Å². The van der Waals surface area contributed by atoms with Crippen LogP contribution < -0.4 is 10.2 Å². The Hall–Kier alpha value is -2.93. The summed E-state index contributed by atoms with van der Waals surface area (Å²) in [5, 5.41) is 11.8. The second kappa shape index (κ2) is 7.76. The highest BCUT2D eigenvalue weighted by Crippen LogP contribution is 2.17. The predicted octanol–water partition coefficient (Wildman–Crippen LogP) is 1.96. The Bertz CT molecular complexity index is 811. The monoisotopic (exact) mass is 339 g/mol. The molecule has 0 aliphatic heterocycles. The molecule has 3 aromatic rings. The molecule has 0 saturated heterocycles. The number of aliphatic hydroxyl groups excluding tert-OH is 1. The molecule has 0 radical (unpaired) electrons. The van der Waals surface area contributed by atoms with Gasteiger partial charge in [0.2, 0.25) is 5.91 Å². The number of H-pyrrole nitrogens is 1. The SMILES string of the molecule is CN(CCO)c1ccc(NC(=O)CCc2nc3ncccc3[nH]2)cc1. The summed E-state index contributed by atoms with van der Waals surface area (Å²) in [7, 11) is 1.91. The van der Waals surface area contributed by atoms with Crippen molar-refractivity contribution in [1.29, 1.82) is 0 Å². The molecule has 7 heteroatoms. The van der Waals surface area contributed by atoms with Crippen LogP contribution in [-0.2, 0) is 11.2 Å². The lowest BCUT2D eigenvalue weighted by molar-refractivity contribution is -0.116. The van der Waals surface area contributed by atoms with Crippen LogP contribution in [0, 0.1) is 0 Å². The van der Waals surface area contributed by atoms with E-state index in [1.807, 2.05) is 48.3 Å². The van der Waals surface area contributed by atoms with Gasteiger partial charge in [0.1, 0.15) is 5.82 Å². The third-order valence-corrected chi connectivity index (χ3v) is 3.92. The number of nitrogens with one attached hydrogen (secondary N) is 2. The van der Waals surface area contributed by atoms with Crippen LogP contribution in [0.5, 0.6) is 0 Å². The summed E-state index contributed by atoms with van der Waals surface area (Å²) in [5.74, 6) is 0.690. The molecule has 0 bridgehead atoms. The fourth-order valence-electron chi connectivity index (χ4n) is 2.55. The number of carbonyl (C=O) groups excluding carboxylic acids is 1. The van der Waals surface area contributed by atoms with Gasteiger partial charge in [-0.3, -0.25) is 4.79 Å². The minimum absolute atomic E-state index is 0.0649. The number of pyridine rings is 1. The summed E-state index contributed by atoms with van der Waals surface area (Å²) in [5.41, 5.74) is 3.28. The third kappa shape index (κ3) is 4.33. The van der Waals surface area contributed by atoms with Crippen molar-refractivity contribution in [3.63, 3.8) is 0 Å². The highest BCUT2D eigenvalue weighted by Gasteiger charge is 2.08. The van der Waals surface area contributed by atoms with Gasteiger partial charge in [0.15, 0.2) is 5.65 Å². The van der Waals surface area contributed by atoms with Crippen LogP contribution in [0.4, 0.5) is 11.4 Å². The highest BCUT2D eigenvalue weighted by molar-refractivity contribution is 5.91. The van der Waals surface area contributed by atoms with Crippen LogP contribution in [0.15, 0.2) is 42.6 Å². The van der Waals surface area contributed by atoms with Gasteiger partial charge >= 0.3 is 0 Å². The molecule has 0 aliphatic carbocycles. The van der Waals surface area contributed by atoms with Crippen molar-refractivity contribution in [2.45, 2.75) is 12.8 Å². The number of nitrogens with zero attached hydrogens (tertiary/aromatic N) is 3. The van der Waals surface area contributed by atoms with E-state index in [2.05, 4.69) is 20.3 Å². The van der Waals surface area contributed by atoms with Crippen molar-refractivity contribution < 1.29 is 9.90 Å². The fraction of sp³-hybridized carbons (Fsp3) is 0.278. The Kier molecular flexibility index (Phi) is 5.25. The maximum Gasteiger partial charge on any atom is 0.224 e. The van der Waals surface area contributed by atoms with Crippen molar-refractivity contribution in [1.82, 2.24) is 15.0 Å². The maximum atomic E-state index is 12.1. The van der Waals surface area contributed by atoms with Gasteiger partial charge in [-0.25, -0.2) is 9.97 Å². The standard InChI is InChI=1S/C18H21N5O2/c1-23(11-12-24)14-6-4-13(5-7-14)20-17(25)9-8-16-21-15-3-2-10-19-18(15)22-16/h2-7,10,24H,8-9,11-12H2,1H3,(H,20,25)(H,19,21,22). The number of hydrogen-bond donors (Lipinski definition) is 3. The quantitative estimate of drug-likeness (QED) is 0.612. The minimum atomic E-state index is -0.0649. The van der Waals surface area contributed by atoms with E-state index < -0.39 is 0 Å². The number of fused-ring (bicyclic) bond motifs is 1. The van der Waals surface area contributed by atoms with E-state index in [1.54, 1.807) is 6.20 Å². The number of aromatic amines is 1. The average molecular weight is 339 g/mol. The molecule has 0 aliphatic rings. The van der Waals surface area contributed by atoms with E-state index in [-0.39, 0.29) is 12.5 Å². The van der Waals surface area contributed by atoms with Crippen LogP contribution in [0.1, 0.15) is 12.2 Å². The zero-order valence-electron chi connectivity index (χ0n) is 14.1. The Balaban J connectivity index is 1.53. The number of benzene rings is 1. The first-order valence-electron chi connectivity index (χ1n) is 8.17. The van der Waals surface area contributed by atoms with Crippen LogP contribution in [0.3, 0.4) is 0 Å². The highest BCUT2D eigenvalue weighted by atomic mass is 16.3. The number of rotatable bonds is 7. The molecular formula is C18H21N5O2. The lowest BCUT2D eigenvalue weighted by Crippen LogP contribution is -2.21. The minimum Gasteiger partial charge on any atom is -0.395 e. The van der Waals surface area contributed by atoms with Crippen LogP contribution >= 0.6 is 0 Å². The molecular weight excluding hydrogens is 318 g/mol. The van der Waals surface area contributed by atoms with E-state index in [4.69, 9.17) is 5.11 Å². The Labute approximate surface area is 145 Å². The molecule has 0 fully saturated rings. The van der Waals surface area contributed by atoms with Gasteiger partial charge in [0.25, 0.3) is 0 Å². The molecule has 0 unspecified atom stereocenters. The van der Waals surface area contributed by atoms with Gasteiger partial charge in [0, 0.05) is 44.0 Å². The number of likely N-dealkylation sites (N-methyl/N-ethyl adjacent to an activating group) is 1. The van der Waals surface area contributed by atoms with Crippen LogP contribution in [-0.4, -0.2) is 46.2 Å². The van der Waals surface area contributed by atoms with Crippen molar-refractivity contribution >= 4 is 28.4 Å². The fourth-order valence-corrected chi connectivity index (χ4v) is 2.55. The molecule has 1 amide bonds. The first-order chi connectivity index (χ1) is 12.2. The number of amides is 1. The Morgan fingerprint density at radius 3 is 2.80 bits per heavy atom. The number of imidazole rings is 1. The van der Waals surface area contributed by atoms with E-state index >= 15 is 0 Å². The number of hydrogen-bond acceptors (Lipinski definition) is 5. The Morgan fingerprint density at radius 1 is 1.28 bits per heavy atom. The van der Waals surface area contributed by atoms with Crippen molar-refractivity contribution in [2.24, 2.45) is 0 Å². The molecule has 1 aromatic carbocycles. The van der Waals surface area contributed by atoms with Gasteiger partial charge in [-0.15, -0.1) is 0 Å². The average Bonchev–Trinajstić information content (AvgIpc) is 3.04. The molecule has 25 heavy (non-hydrogen) atoms. The van der Waals surface area contributed by atoms with Gasteiger partial charge in [-0.1, -0.05) is 0 Å². The Morgan fingerprint density at radius 2 is 2.08 bits per heavy atom. The molecule has 7 nitrogen and oxygen atoms in total. The summed E-state index contributed by atoms with van der Waals surface area (Å²) in [6.07, 6.45) is 2.56. The zero-order chi connectivity index (χ0) is 17.6. The van der Waals surface area contributed by atoms with Crippen LogP contribution in [0.25, 0.3) is 11.2 Å². The third-order valence-electron chi connectivity index (χ3n) is 3.92. The van der Waals surface area contributed by atoms with Crippen molar-refractivity contribution in [3.05, 3.63) is 48.4 Å². The van der Waals surface area contributed by atoms with Crippen molar-refractivity contribution in [3.8, 4) is 0 Å². The van der Waals surface area contributed by atoms with Gasteiger partial charge in [-0.2, -0.15) is 0 Å². The summed E-state index contributed by atoms with van der Waals surface area (Å²) >= 11 is 0. The predicted molar refractivity (Wildman–Crippen MR) is 97.6 cm³/mol. The summed E-state index contributed by atoms with van der Waals surface area (Å²) in [6, 6.07) is 11.3. The molecule has 0 saturated carbocycles. The van der Waals surface area contributed by atoms with E-state index in [0.29, 0.717) is 25.0 Å². The number of aromatic nitrogens is 3. The van der Waals surface area contributed by atoms with Crippen molar-refractivity contribution in [2.75, 3.05) is 30.4 Å². The lowest BCUT2D eigenvalue weighted by atomic mass is 10.2. The molecule has 2 aromatic heterocycles. The van der Waals surface area contributed by atoms with Gasteiger partial charge in [-0.05, 0) is 36.4 Å². The molecule has 3 N–H and O–H groups in total. The smallest absolute Gasteiger partial charge is 0.224 e. The molecule has 2 heterocycles. The largest absolute Gasteiger partial charge is 0.395 e. The normalized spacial score (nSPS) is 10.8. The van der Waals surface area contributed by atoms with Gasteiger partial charge in [0.05, 0.1) is 12.1 Å². The lowest BCUT2D eigenvalue weighted by Gasteiger charge is -2.18. The first-order valence-corrected chi connectivity index (χ1v) is 8.17. The van der Waals surface area contributed by atoms with E-state index in [9.17, 15) is 4.79 Å².